The van der Waals surface area contributed by atoms with Gasteiger partial charge in [0.25, 0.3) is 0 Å². The first-order valence-corrected chi connectivity index (χ1v) is 7.63. The van der Waals surface area contributed by atoms with E-state index in [1.807, 2.05) is 0 Å². The molecule has 4 heteroatoms. The highest BCUT2D eigenvalue weighted by molar-refractivity contribution is 5.16. The van der Waals surface area contributed by atoms with Gasteiger partial charge in [0.05, 0.1) is 6.07 Å². The number of likely N-dealkylation sites (tertiary alicyclic amines) is 1. The van der Waals surface area contributed by atoms with Crippen LogP contribution in [0.25, 0.3) is 0 Å². The molecule has 1 heterocycles. The predicted molar refractivity (Wildman–Crippen MR) is 77.8 cm³/mol. The molecule has 2 unspecified atom stereocenters. The fraction of sp³-hybridized carbons (Fsp3) is 0.933. The van der Waals surface area contributed by atoms with Crippen molar-refractivity contribution in [2.75, 3.05) is 46.8 Å². The van der Waals surface area contributed by atoms with Crippen molar-refractivity contribution in [3.05, 3.63) is 0 Å². The molecule has 108 valence electrons. The molecule has 0 bridgehead atoms. The molecule has 0 amide bonds. The SMILES string of the molecule is CCNC(C#N)(CN(C)CC1CCN(C)C1)C1CC1. The molecule has 0 aromatic rings. The highest BCUT2D eigenvalue weighted by Gasteiger charge is 2.45. The maximum Gasteiger partial charge on any atom is 0.122 e. The number of rotatable bonds is 7. The molecular formula is C15H28N4. The lowest BCUT2D eigenvalue weighted by molar-refractivity contribution is 0.205. The van der Waals surface area contributed by atoms with Gasteiger partial charge < -0.3 is 9.80 Å². The second-order valence-corrected chi connectivity index (χ2v) is 6.50. The number of nitrogens with zero attached hydrogens (tertiary/aromatic N) is 3. The number of likely N-dealkylation sites (N-methyl/N-ethyl adjacent to an activating group) is 2. The molecule has 0 aromatic carbocycles. The van der Waals surface area contributed by atoms with E-state index in [-0.39, 0.29) is 5.54 Å². The van der Waals surface area contributed by atoms with Gasteiger partial charge in [-0.2, -0.15) is 5.26 Å². The van der Waals surface area contributed by atoms with Gasteiger partial charge >= 0.3 is 0 Å². The van der Waals surface area contributed by atoms with Crippen molar-refractivity contribution in [2.45, 2.75) is 31.7 Å². The molecule has 1 N–H and O–H groups in total. The zero-order valence-electron chi connectivity index (χ0n) is 12.7. The van der Waals surface area contributed by atoms with Crippen LogP contribution in [0.3, 0.4) is 0 Å². The smallest absolute Gasteiger partial charge is 0.122 e. The van der Waals surface area contributed by atoms with Crippen LogP contribution in [0.2, 0.25) is 0 Å². The summed E-state index contributed by atoms with van der Waals surface area (Å²) in [5, 5.41) is 13.1. The molecule has 0 spiro atoms. The maximum absolute atomic E-state index is 9.62. The van der Waals surface area contributed by atoms with Crippen molar-refractivity contribution in [1.82, 2.24) is 15.1 Å². The molecule has 1 saturated carbocycles. The summed E-state index contributed by atoms with van der Waals surface area (Å²) < 4.78 is 0. The second-order valence-electron chi connectivity index (χ2n) is 6.50. The summed E-state index contributed by atoms with van der Waals surface area (Å²) in [4.78, 5) is 4.77. The second kappa shape index (κ2) is 6.21. The molecule has 0 radical (unpaired) electrons. The minimum Gasteiger partial charge on any atom is -0.306 e. The topological polar surface area (TPSA) is 42.3 Å². The molecule has 4 nitrogen and oxygen atoms in total. The van der Waals surface area contributed by atoms with Crippen molar-refractivity contribution in [1.29, 1.82) is 5.26 Å². The zero-order chi connectivity index (χ0) is 13.9. The first-order valence-electron chi connectivity index (χ1n) is 7.63. The number of nitrogens with one attached hydrogen (secondary N) is 1. The van der Waals surface area contributed by atoms with Crippen molar-refractivity contribution in [2.24, 2.45) is 11.8 Å². The Labute approximate surface area is 117 Å². The van der Waals surface area contributed by atoms with Gasteiger partial charge in [-0.05, 0) is 58.3 Å². The number of hydrogen-bond donors (Lipinski definition) is 1. The lowest BCUT2D eigenvalue weighted by atomic mass is 9.93. The van der Waals surface area contributed by atoms with E-state index in [9.17, 15) is 5.26 Å². The quantitative estimate of drug-likeness (QED) is 0.749. The van der Waals surface area contributed by atoms with E-state index in [4.69, 9.17) is 0 Å². The molecule has 2 fully saturated rings. The minimum absolute atomic E-state index is 0.312. The third kappa shape index (κ3) is 3.68. The summed E-state index contributed by atoms with van der Waals surface area (Å²) >= 11 is 0. The average molecular weight is 264 g/mol. The van der Waals surface area contributed by atoms with Crippen LogP contribution in [0, 0.1) is 23.2 Å². The summed E-state index contributed by atoms with van der Waals surface area (Å²) in [6.45, 7) is 7.38. The standard InChI is InChI=1S/C15H28N4/c1-4-17-15(11-16,14-5-6-14)12-19(3)10-13-7-8-18(2)9-13/h13-14,17H,4-10,12H2,1-3H3. The van der Waals surface area contributed by atoms with Gasteiger partial charge in [-0.3, -0.25) is 5.32 Å². The van der Waals surface area contributed by atoms with Crippen molar-refractivity contribution >= 4 is 0 Å². The zero-order valence-corrected chi connectivity index (χ0v) is 12.7. The van der Waals surface area contributed by atoms with Gasteiger partial charge in [0.15, 0.2) is 0 Å². The van der Waals surface area contributed by atoms with Crippen LogP contribution in [0.1, 0.15) is 26.2 Å². The van der Waals surface area contributed by atoms with Crippen LogP contribution in [0.4, 0.5) is 0 Å². The summed E-state index contributed by atoms with van der Waals surface area (Å²) in [6.07, 6.45) is 3.71. The van der Waals surface area contributed by atoms with Crippen LogP contribution in [-0.2, 0) is 0 Å². The van der Waals surface area contributed by atoms with Crippen molar-refractivity contribution in [3.63, 3.8) is 0 Å². The fourth-order valence-corrected chi connectivity index (χ4v) is 3.49. The van der Waals surface area contributed by atoms with E-state index < -0.39 is 0 Å². The normalized spacial score (nSPS) is 27.4. The van der Waals surface area contributed by atoms with E-state index in [1.54, 1.807) is 0 Å². The molecular weight excluding hydrogens is 236 g/mol. The van der Waals surface area contributed by atoms with Crippen LogP contribution in [0.5, 0.6) is 0 Å². The molecule has 1 aliphatic heterocycles. The molecule has 2 rings (SSSR count). The third-order valence-electron chi connectivity index (χ3n) is 4.54. The van der Waals surface area contributed by atoms with Crippen molar-refractivity contribution in [3.8, 4) is 6.07 Å². The van der Waals surface area contributed by atoms with Crippen LogP contribution < -0.4 is 5.32 Å². The number of nitriles is 1. The first-order chi connectivity index (χ1) is 9.09. The van der Waals surface area contributed by atoms with Crippen molar-refractivity contribution < 1.29 is 0 Å². The minimum atomic E-state index is -0.312. The molecule has 1 saturated heterocycles. The van der Waals surface area contributed by atoms with Gasteiger partial charge in [-0.25, -0.2) is 0 Å². The Morgan fingerprint density at radius 2 is 2.16 bits per heavy atom. The largest absolute Gasteiger partial charge is 0.306 e. The van der Waals surface area contributed by atoms with Gasteiger partial charge in [0.2, 0.25) is 0 Å². The molecule has 0 aromatic heterocycles. The Bertz CT molecular complexity index is 334. The summed E-state index contributed by atoms with van der Waals surface area (Å²) in [5.74, 6) is 1.33. The average Bonchev–Trinajstić information content (AvgIpc) is 3.14. The highest BCUT2D eigenvalue weighted by atomic mass is 15.2. The van der Waals surface area contributed by atoms with E-state index in [1.165, 1.54) is 32.4 Å². The predicted octanol–water partition coefficient (Wildman–Crippen LogP) is 1.15. The lowest BCUT2D eigenvalue weighted by Gasteiger charge is -2.33. The Balaban J connectivity index is 1.88. The molecule has 2 atom stereocenters. The lowest BCUT2D eigenvalue weighted by Crippen LogP contribution is -2.54. The van der Waals surface area contributed by atoms with E-state index in [0.717, 1.165) is 25.6 Å². The monoisotopic (exact) mass is 264 g/mol. The third-order valence-corrected chi connectivity index (χ3v) is 4.54. The van der Waals surface area contributed by atoms with E-state index in [0.29, 0.717) is 5.92 Å². The van der Waals surface area contributed by atoms with E-state index >= 15 is 0 Å². The highest BCUT2D eigenvalue weighted by Crippen LogP contribution is 2.40. The molecule has 19 heavy (non-hydrogen) atoms. The molecule has 1 aliphatic carbocycles. The van der Waals surface area contributed by atoms with Crippen LogP contribution >= 0.6 is 0 Å². The molecule has 2 aliphatic rings. The van der Waals surface area contributed by atoms with Gasteiger partial charge in [-0.15, -0.1) is 0 Å². The van der Waals surface area contributed by atoms with Crippen LogP contribution in [0.15, 0.2) is 0 Å². The first kappa shape index (κ1) is 14.8. The van der Waals surface area contributed by atoms with E-state index in [2.05, 4.69) is 42.2 Å². The number of hydrogen-bond acceptors (Lipinski definition) is 4. The Hall–Kier alpha value is -0.630. The Morgan fingerprint density at radius 3 is 2.63 bits per heavy atom. The van der Waals surface area contributed by atoms with Gasteiger partial charge in [-0.1, -0.05) is 6.92 Å². The summed E-state index contributed by atoms with van der Waals surface area (Å²) in [7, 11) is 4.37. The van der Waals surface area contributed by atoms with Gasteiger partial charge in [0.1, 0.15) is 5.54 Å². The maximum atomic E-state index is 9.62. The van der Waals surface area contributed by atoms with Gasteiger partial charge in [0, 0.05) is 19.6 Å². The fourth-order valence-electron chi connectivity index (χ4n) is 3.49. The summed E-state index contributed by atoms with van der Waals surface area (Å²) in [6, 6.07) is 2.58. The van der Waals surface area contributed by atoms with Crippen LogP contribution in [-0.4, -0.2) is 62.2 Å². The summed E-state index contributed by atoms with van der Waals surface area (Å²) in [5.41, 5.74) is -0.312. The Morgan fingerprint density at radius 1 is 1.42 bits per heavy atom. The Kier molecular flexibility index (Phi) is 4.83.